The molecule has 9 aromatic rings. The van der Waals surface area contributed by atoms with Crippen LogP contribution in [-0.4, -0.2) is 0 Å². The first-order valence-electron chi connectivity index (χ1n) is 22.3. The predicted octanol–water partition coefficient (Wildman–Crippen LogP) is 16.5. The lowest BCUT2D eigenvalue weighted by molar-refractivity contribution is 0.00964. The fraction of sp³-hybridized carbons (Fsp3) is 0.186. The summed E-state index contributed by atoms with van der Waals surface area (Å²) >= 11 is 0. The fourth-order valence-electron chi connectivity index (χ4n) is 12.0. The van der Waals surface area contributed by atoms with Crippen LogP contribution in [0, 0.1) is 17.8 Å². The van der Waals surface area contributed by atoms with Gasteiger partial charge in [-0.1, -0.05) is 158 Å². The molecule has 3 aliphatic carbocycles. The zero-order valence-electron chi connectivity index (χ0n) is 34.1. The summed E-state index contributed by atoms with van der Waals surface area (Å²) in [7, 11) is 0. The first-order chi connectivity index (χ1) is 29.7. The van der Waals surface area contributed by atoms with Gasteiger partial charge in [-0.15, -0.1) is 0 Å². The minimum absolute atomic E-state index is 0.352. The normalized spacial score (nSPS) is 20.8. The highest BCUT2D eigenvalue weighted by Crippen LogP contribution is 2.59. The van der Waals surface area contributed by atoms with Gasteiger partial charge >= 0.3 is 0 Å². The summed E-state index contributed by atoms with van der Waals surface area (Å²) in [6.45, 7) is 0. The standard InChI is InChI=1S/C59H49N/c1-2-9-41(10-3-1)45-19-21-48-37-46(20-22-47(48)36-45)42-23-27-51(28-24-42)60(52-29-25-50(26-30-52)59-34-33-43-18-17-40(38-59)35-49(43)39-59)58-32-31-56(55-14-6-7-15-57(55)58)54-16-8-12-44-11-4-5-13-53(44)54/h1-16,19-32,36-37,40,43,49H,17-18,33-35,38-39H2. The molecule has 0 radical (unpaired) electrons. The van der Waals surface area contributed by atoms with E-state index < -0.39 is 0 Å². The van der Waals surface area contributed by atoms with Crippen LogP contribution in [0.5, 0.6) is 0 Å². The van der Waals surface area contributed by atoms with E-state index in [1.165, 1.54) is 122 Å². The van der Waals surface area contributed by atoms with Crippen LogP contribution in [0.3, 0.4) is 0 Å². The molecule has 12 rings (SSSR count). The second-order valence-electron chi connectivity index (χ2n) is 18.2. The molecule has 1 heteroatoms. The van der Waals surface area contributed by atoms with Gasteiger partial charge in [0.2, 0.25) is 0 Å². The number of hydrogen-bond donors (Lipinski definition) is 0. The first kappa shape index (κ1) is 35.5. The average Bonchev–Trinajstić information content (AvgIpc) is 3.31. The van der Waals surface area contributed by atoms with E-state index >= 15 is 0 Å². The minimum Gasteiger partial charge on any atom is -0.310 e. The van der Waals surface area contributed by atoms with Crippen molar-refractivity contribution < 1.29 is 0 Å². The summed E-state index contributed by atoms with van der Waals surface area (Å²) in [5, 5.41) is 7.58. The van der Waals surface area contributed by atoms with Crippen molar-refractivity contribution in [1.29, 1.82) is 0 Å². The van der Waals surface area contributed by atoms with Crippen molar-refractivity contribution >= 4 is 49.4 Å². The predicted molar refractivity (Wildman–Crippen MR) is 254 cm³/mol. The fourth-order valence-corrected chi connectivity index (χ4v) is 12.0. The molecule has 3 fully saturated rings. The van der Waals surface area contributed by atoms with Crippen LogP contribution < -0.4 is 4.90 Å². The van der Waals surface area contributed by atoms with E-state index in [0.29, 0.717) is 5.41 Å². The van der Waals surface area contributed by atoms with Gasteiger partial charge in [0.25, 0.3) is 0 Å². The maximum absolute atomic E-state index is 2.50. The van der Waals surface area contributed by atoms with Gasteiger partial charge in [-0.3, -0.25) is 0 Å². The van der Waals surface area contributed by atoms with E-state index in [0.717, 1.165) is 23.4 Å². The molecule has 4 unspecified atom stereocenters. The molecule has 3 bridgehead atoms. The lowest BCUT2D eigenvalue weighted by Gasteiger charge is -2.55. The van der Waals surface area contributed by atoms with Crippen molar-refractivity contribution in [3.8, 4) is 33.4 Å². The van der Waals surface area contributed by atoms with Crippen LogP contribution in [-0.2, 0) is 5.41 Å². The smallest absolute Gasteiger partial charge is 0.0540 e. The Bertz CT molecular complexity index is 3020. The SMILES string of the molecule is c1ccc(-c2ccc3cc(-c4ccc(N(c5ccc(C67CCC8CCC(CC8C6)C7)cc5)c5ccc(-c6cccc7ccccc67)c6ccccc56)cc4)ccc3c2)cc1. The summed E-state index contributed by atoms with van der Waals surface area (Å²) in [6, 6.07) is 72.6. The van der Waals surface area contributed by atoms with E-state index in [1.54, 1.807) is 5.56 Å². The Morgan fingerprint density at radius 2 is 1.02 bits per heavy atom. The van der Waals surface area contributed by atoms with Gasteiger partial charge in [-0.2, -0.15) is 0 Å². The third kappa shape index (κ3) is 6.05. The van der Waals surface area contributed by atoms with Gasteiger partial charge in [0.15, 0.2) is 0 Å². The Morgan fingerprint density at radius 3 is 1.78 bits per heavy atom. The van der Waals surface area contributed by atoms with E-state index in [9.17, 15) is 0 Å². The molecule has 60 heavy (non-hydrogen) atoms. The van der Waals surface area contributed by atoms with Gasteiger partial charge in [0.1, 0.15) is 0 Å². The second-order valence-corrected chi connectivity index (χ2v) is 18.2. The van der Waals surface area contributed by atoms with Gasteiger partial charge < -0.3 is 4.90 Å². The molecule has 9 aromatic carbocycles. The molecule has 0 amide bonds. The number of benzene rings is 9. The highest BCUT2D eigenvalue weighted by atomic mass is 15.1. The number of hydrogen-bond acceptors (Lipinski definition) is 1. The summed E-state index contributed by atoms with van der Waals surface area (Å²) in [6.07, 6.45) is 9.94. The van der Waals surface area contributed by atoms with Crippen LogP contribution in [0.4, 0.5) is 17.1 Å². The van der Waals surface area contributed by atoms with Gasteiger partial charge in [-0.05, 0) is 170 Å². The maximum atomic E-state index is 2.50. The van der Waals surface area contributed by atoms with Gasteiger partial charge in [0, 0.05) is 16.8 Å². The molecule has 0 aromatic heterocycles. The lowest BCUT2D eigenvalue weighted by Crippen LogP contribution is -2.46. The van der Waals surface area contributed by atoms with E-state index in [4.69, 9.17) is 0 Å². The molecule has 0 aliphatic heterocycles. The Hall–Kier alpha value is -6.44. The molecular formula is C59H49N. The minimum atomic E-state index is 0.352. The second kappa shape index (κ2) is 14.4. The number of fused-ring (bicyclic) bond motifs is 5. The van der Waals surface area contributed by atoms with Crippen LogP contribution in [0.15, 0.2) is 194 Å². The molecule has 0 saturated heterocycles. The Kier molecular flexibility index (Phi) is 8.51. The first-order valence-corrected chi connectivity index (χ1v) is 22.3. The average molecular weight is 772 g/mol. The van der Waals surface area contributed by atoms with Crippen molar-refractivity contribution in [2.24, 2.45) is 17.8 Å². The molecule has 0 N–H and O–H groups in total. The van der Waals surface area contributed by atoms with Crippen LogP contribution in [0.25, 0.3) is 65.7 Å². The largest absolute Gasteiger partial charge is 0.310 e. The van der Waals surface area contributed by atoms with E-state index in [2.05, 4.69) is 199 Å². The molecule has 0 heterocycles. The lowest BCUT2D eigenvalue weighted by atomic mass is 9.50. The zero-order chi connectivity index (χ0) is 39.6. The van der Waals surface area contributed by atoms with E-state index in [-0.39, 0.29) is 0 Å². The Balaban J connectivity index is 0.951. The molecule has 3 saturated carbocycles. The van der Waals surface area contributed by atoms with Crippen molar-refractivity contribution in [2.75, 3.05) is 4.90 Å². The molecule has 4 atom stereocenters. The highest BCUT2D eigenvalue weighted by Gasteiger charge is 2.49. The molecule has 1 nitrogen and oxygen atoms in total. The maximum Gasteiger partial charge on any atom is 0.0540 e. The topological polar surface area (TPSA) is 3.24 Å². The van der Waals surface area contributed by atoms with Crippen molar-refractivity contribution in [1.82, 2.24) is 0 Å². The molecule has 290 valence electrons. The third-order valence-corrected chi connectivity index (χ3v) is 14.9. The van der Waals surface area contributed by atoms with Crippen molar-refractivity contribution in [3.05, 3.63) is 200 Å². The molecule has 3 aliphatic rings. The summed E-state index contributed by atoms with van der Waals surface area (Å²) < 4.78 is 0. The summed E-state index contributed by atoms with van der Waals surface area (Å²) in [5.41, 5.74) is 13.0. The monoisotopic (exact) mass is 771 g/mol. The Morgan fingerprint density at radius 1 is 0.400 bits per heavy atom. The zero-order valence-corrected chi connectivity index (χ0v) is 34.1. The highest BCUT2D eigenvalue weighted by molar-refractivity contribution is 6.10. The van der Waals surface area contributed by atoms with Crippen molar-refractivity contribution in [2.45, 2.75) is 50.4 Å². The number of rotatable bonds is 7. The van der Waals surface area contributed by atoms with E-state index in [1.807, 2.05) is 0 Å². The quantitative estimate of drug-likeness (QED) is 0.156. The van der Waals surface area contributed by atoms with Gasteiger partial charge in [-0.25, -0.2) is 0 Å². The number of anilines is 3. The van der Waals surface area contributed by atoms with Crippen molar-refractivity contribution in [3.63, 3.8) is 0 Å². The van der Waals surface area contributed by atoms with Crippen LogP contribution >= 0.6 is 0 Å². The number of nitrogens with zero attached hydrogens (tertiary/aromatic N) is 1. The third-order valence-electron chi connectivity index (χ3n) is 14.9. The Labute approximate surface area is 354 Å². The molecule has 0 spiro atoms. The summed E-state index contributed by atoms with van der Waals surface area (Å²) in [4.78, 5) is 2.50. The molecular weight excluding hydrogens is 723 g/mol. The van der Waals surface area contributed by atoms with Crippen LogP contribution in [0.1, 0.15) is 50.5 Å². The van der Waals surface area contributed by atoms with Crippen LogP contribution in [0.2, 0.25) is 0 Å². The summed E-state index contributed by atoms with van der Waals surface area (Å²) in [5.74, 6) is 2.82. The van der Waals surface area contributed by atoms with Gasteiger partial charge in [0.05, 0.1) is 5.69 Å².